The van der Waals surface area contributed by atoms with Crippen LogP contribution >= 0.6 is 0 Å². The third-order valence-corrected chi connectivity index (χ3v) is 2.49. The van der Waals surface area contributed by atoms with Gasteiger partial charge in [0.2, 0.25) is 0 Å². The molecule has 2 aromatic heterocycles. The van der Waals surface area contributed by atoms with E-state index in [1.807, 2.05) is 0 Å². The molecule has 0 aliphatic heterocycles. The van der Waals surface area contributed by atoms with Crippen LogP contribution in [0.5, 0.6) is 11.8 Å². The fourth-order valence-corrected chi connectivity index (χ4v) is 1.66. The molecule has 0 bridgehead atoms. The molecular weight excluding hydrogens is 248 g/mol. The third-order valence-electron chi connectivity index (χ3n) is 2.49. The molecule has 7 heteroatoms. The minimum Gasteiger partial charge on any atom is -0.476 e. The Morgan fingerprint density at radius 1 is 1.26 bits per heavy atom. The normalized spacial score (nSPS) is 10.5. The Hall–Kier alpha value is -2.96. The van der Waals surface area contributed by atoms with Crippen LogP contribution in [0.15, 0.2) is 36.7 Å². The van der Waals surface area contributed by atoms with E-state index in [9.17, 15) is 4.79 Å². The molecule has 1 aromatic carbocycles. The zero-order valence-corrected chi connectivity index (χ0v) is 9.57. The van der Waals surface area contributed by atoms with Gasteiger partial charge in [0.05, 0.1) is 5.52 Å². The first-order chi connectivity index (χ1) is 9.24. The molecule has 0 atom stereocenters. The fourth-order valence-electron chi connectivity index (χ4n) is 1.66. The van der Waals surface area contributed by atoms with Crippen LogP contribution in [-0.2, 0) is 0 Å². The Balaban J connectivity index is 2.01. The van der Waals surface area contributed by atoms with Crippen molar-refractivity contribution in [2.24, 2.45) is 0 Å². The van der Waals surface area contributed by atoms with Gasteiger partial charge in [0, 0.05) is 17.8 Å². The maximum absolute atomic E-state index is 11.0. The molecule has 0 amide bonds. The lowest BCUT2D eigenvalue weighted by Crippen LogP contribution is -1.97. The van der Waals surface area contributed by atoms with Crippen molar-refractivity contribution in [3.8, 4) is 11.8 Å². The highest BCUT2D eigenvalue weighted by atomic mass is 16.5. The predicted molar refractivity (Wildman–Crippen MR) is 65.2 cm³/mol. The van der Waals surface area contributed by atoms with Crippen LogP contribution in [0.3, 0.4) is 0 Å². The highest BCUT2D eigenvalue weighted by Crippen LogP contribution is 2.24. The summed E-state index contributed by atoms with van der Waals surface area (Å²) >= 11 is 0. The SMILES string of the molecule is O=C(O)c1n[nH]c2ccc(Oc3ncccn3)cc12. The van der Waals surface area contributed by atoms with Gasteiger partial charge < -0.3 is 9.84 Å². The molecule has 3 rings (SSSR count). The van der Waals surface area contributed by atoms with Crippen LogP contribution in [0.2, 0.25) is 0 Å². The molecule has 0 unspecified atom stereocenters. The number of ether oxygens (including phenoxy) is 1. The number of rotatable bonds is 3. The maximum atomic E-state index is 11.0. The van der Waals surface area contributed by atoms with Gasteiger partial charge in [0.25, 0.3) is 0 Å². The van der Waals surface area contributed by atoms with Gasteiger partial charge in [-0.25, -0.2) is 14.8 Å². The Morgan fingerprint density at radius 3 is 2.79 bits per heavy atom. The molecule has 0 aliphatic rings. The standard InChI is InChI=1S/C12H8N4O3/c17-11(18)10-8-6-7(2-3-9(8)15-16-10)19-12-13-4-1-5-14-12/h1-6H,(H,15,16)(H,17,18). The Kier molecular flexibility index (Phi) is 2.57. The zero-order valence-electron chi connectivity index (χ0n) is 9.57. The molecule has 0 aliphatic carbocycles. The summed E-state index contributed by atoms with van der Waals surface area (Å²) in [5, 5.41) is 15.9. The molecule has 0 spiro atoms. The van der Waals surface area contributed by atoms with Crippen molar-refractivity contribution in [3.63, 3.8) is 0 Å². The predicted octanol–water partition coefficient (Wildman–Crippen LogP) is 1.84. The molecule has 0 saturated heterocycles. The summed E-state index contributed by atoms with van der Waals surface area (Å²) in [5.74, 6) is -0.651. The molecule has 0 saturated carbocycles. The lowest BCUT2D eigenvalue weighted by atomic mass is 10.2. The van der Waals surface area contributed by atoms with Crippen LogP contribution < -0.4 is 4.74 Å². The number of hydrogen-bond donors (Lipinski definition) is 2. The zero-order chi connectivity index (χ0) is 13.2. The van der Waals surface area contributed by atoms with Gasteiger partial charge in [0.1, 0.15) is 5.75 Å². The number of nitrogens with zero attached hydrogens (tertiary/aromatic N) is 3. The molecule has 19 heavy (non-hydrogen) atoms. The minimum absolute atomic E-state index is 0.0468. The van der Waals surface area contributed by atoms with Crippen LogP contribution in [-0.4, -0.2) is 31.2 Å². The number of carboxylic acid groups (broad SMARTS) is 1. The molecule has 7 nitrogen and oxygen atoms in total. The van der Waals surface area contributed by atoms with E-state index < -0.39 is 5.97 Å². The molecule has 0 radical (unpaired) electrons. The Bertz CT molecular complexity index is 739. The fraction of sp³-hybridized carbons (Fsp3) is 0. The second kappa shape index (κ2) is 4.37. The highest BCUT2D eigenvalue weighted by Gasteiger charge is 2.13. The van der Waals surface area contributed by atoms with E-state index in [1.54, 1.807) is 36.7 Å². The maximum Gasteiger partial charge on any atom is 0.357 e. The quantitative estimate of drug-likeness (QED) is 0.741. The number of carboxylic acids is 1. The van der Waals surface area contributed by atoms with Crippen molar-refractivity contribution in [2.45, 2.75) is 0 Å². The van der Waals surface area contributed by atoms with Gasteiger partial charge in [-0.15, -0.1) is 0 Å². The summed E-state index contributed by atoms with van der Waals surface area (Å²) in [6, 6.07) is 6.82. The summed E-state index contributed by atoms with van der Waals surface area (Å²) in [6.07, 6.45) is 3.11. The number of aromatic amines is 1. The second-order valence-electron chi connectivity index (χ2n) is 3.72. The topological polar surface area (TPSA) is 101 Å². The molecule has 94 valence electrons. The smallest absolute Gasteiger partial charge is 0.357 e. The van der Waals surface area contributed by atoms with E-state index in [-0.39, 0.29) is 11.7 Å². The van der Waals surface area contributed by atoms with E-state index in [2.05, 4.69) is 20.2 Å². The number of aromatic nitrogens is 4. The summed E-state index contributed by atoms with van der Waals surface area (Å²) in [7, 11) is 0. The van der Waals surface area contributed by atoms with Gasteiger partial charge in [-0.3, -0.25) is 5.10 Å². The first kappa shape index (κ1) is 11.1. The first-order valence-corrected chi connectivity index (χ1v) is 5.40. The van der Waals surface area contributed by atoms with Crippen LogP contribution in [0.1, 0.15) is 10.5 Å². The van der Waals surface area contributed by atoms with Crippen molar-refractivity contribution < 1.29 is 14.6 Å². The molecular formula is C12H8N4O3. The number of fused-ring (bicyclic) bond motifs is 1. The first-order valence-electron chi connectivity index (χ1n) is 5.40. The van der Waals surface area contributed by atoms with E-state index in [1.165, 1.54) is 0 Å². The van der Waals surface area contributed by atoms with Crippen molar-refractivity contribution in [1.29, 1.82) is 0 Å². The Labute approximate surface area is 106 Å². The van der Waals surface area contributed by atoms with Gasteiger partial charge in [0.15, 0.2) is 5.69 Å². The van der Waals surface area contributed by atoms with Crippen molar-refractivity contribution in [2.75, 3.05) is 0 Å². The van der Waals surface area contributed by atoms with Crippen LogP contribution in [0.25, 0.3) is 10.9 Å². The van der Waals surface area contributed by atoms with Gasteiger partial charge in [-0.05, 0) is 24.3 Å². The lowest BCUT2D eigenvalue weighted by Gasteiger charge is -2.02. The number of H-pyrrole nitrogens is 1. The number of benzene rings is 1. The van der Waals surface area contributed by atoms with Gasteiger partial charge in [-0.1, -0.05) is 0 Å². The highest BCUT2D eigenvalue weighted by molar-refractivity contribution is 6.01. The summed E-state index contributed by atoms with van der Waals surface area (Å²) in [6.45, 7) is 0. The molecule has 2 heterocycles. The molecule has 0 fully saturated rings. The average molecular weight is 256 g/mol. The van der Waals surface area contributed by atoms with Gasteiger partial charge in [-0.2, -0.15) is 5.10 Å². The number of hydrogen-bond acceptors (Lipinski definition) is 5. The van der Waals surface area contributed by atoms with E-state index in [0.717, 1.165) is 0 Å². The van der Waals surface area contributed by atoms with Crippen molar-refractivity contribution in [3.05, 3.63) is 42.4 Å². The van der Waals surface area contributed by atoms with Crippen LogP contribution in [0.4, 0.5) is 0 Å². The Morgan fingerprint density at radius 2 is 2.05 bits per heavy atom. The largest absolute Gasteiger partial charge is 0.476 e. The average Bonchev–Trinajstić information content (AvgIpc) is 2.83. The molecule has 2 N–H and O–H groups in total. The summed E-state index contributed by atoms with van der Waals surface area (Å²) in [5.41, 5.74) is 0.577. The van der Waals surface area contributed by atoms with Crippen molar-refractivity contribution in [1.82, 2.24) is 20.2 Å². The van der Waals surface area contributed by atoms with E-state index in [0.29, 0.717) is 16.7 Å². The second-order valence-corrected chi connectivity index (χ2v) is 3.72. The van der Waals surface area contributed by atoms with Crippen LogP contribution in [0, 0.1) is 0 Å². The minimum atomic E-state index is -1.10. The number of nitrogens with one attached hydrogen (secondary N) is 1. The van der Waals surface area contributed by atoms with Crippen molar-refractivity contribution >= 4 is 16.9 Å². The molecule has 3 aromatic rings. The van der Waals surface area contributed by atoms with E-state index >= 15 is 0 Å². The lowest BCUT2D eigenvalue weighted by molar-refractivity contribution is 0.0692. The summed E-state index contributed by atoms with van der Waals surface area (Å²) < 4.78 is 5.43. The van der Waals surface area contributed by atoms with E-state index in [4.69, 9.17) is 9.84 Å². The third kappa shape index (κ3) is 2.08. The number of carbonyl (C=O) groups is 1. The monoisotopic (exact) mass is 256 g/mol. The number of aromatic carboxylic acids is 1. The summed E-state index contributed by atoms with van der Waals surface area (Å²) in [4.78, 5) is 18.9. The van der Waals surface area contributed by atoms with Gasteiger partial charge >= 0.3 is 12.0 Å².